The van der Waals surface area contributed by atoms with Gasteiger partial charge in [0, 0.05) is 28.7 Å². The number of fused-ring (bicyclic) bond motifs is 1. The van der Waals surface area contributed by atoms with E-state index in [4.69, 9.17) is 11.6 Å². The van der Waals surface area contributed by atoms with Gasteiger partial charge in [-0.25, -0.2) is 0 Å². The van der Waals surface area contributed by atoms with E-state index in [1.807, 2.05) is 0 Å². The molecule has 0 saturated carbocycles. The number of halogens is 1. The van der Waals surface area contributed by atoms with Crippen molar-refractivity contribution < 1.29 is 14.4 Å². The van der Waals surface area contributed by atoms with Gasteiger partial charge in [0.15, 0.2) is 0 Å². The molecule has 0 bridgehead atoms. The predicted molar refractivity (Wildman–Crippen MR) is 87.4 cm³/mol. The van der Waals surface area contributed by atoms with Gasteiger partial charge in [-0.05, 0) is 35.9 Å². The zero-order chi connectivity index (χ0) is 17.1. The Balaban J connectivity index is 1.60. The highest BCUT2D eigenvalue weighted by molar-refractivity contribution is 6.31. The maximum absolute atomic E-state index is 12.0. The van der Waals surface area contributed by atoms with Gasteiger partial charge in [-0.15, -0.1) is 0 Å². The van der Waals surface area contributed by atoms with Crippen molar-refractivity contribution in [3.8, 4) is 0 Å². The number of nitrogens with one attached hydrogen (secondary N) is 2. The smallest absolute Gasteiger partial charge is 0.269 e. The Morgan fingerprint density at radius 2 is 1.92 bits per heavy atom. The summed E-state index contributed by atoms with van der Waals surface area (Å²) in [5, 5.41) is 0.539. The standard InChI is InChI=1S/C16H13ClN4O3/c17-12-1-2-13-11(7-12)8-15(23)21(13)9-14(22)19-20-16(24)10-3-5-18-6-4-10/h1-7H,8-9H2,(H,19,22)(H,20,24). The topological polar surface area (TPSA) is 91.4 Å². The van der Waals surface area contributed by atoms with Crippen molar-refractivity contribution in [2.24, 2.45) is 0 Å². The Labute approximate surface area is 142 Å². The molecule has 1 aromatic heterocycles. The zero-order valence-corrected chi connectivity index (χ0v) is 13.2. The number of hydrogen-bond donors (Lipinski definition) is 2. The van der Waals surface area contributed by atoms with E-state index in [0.29, 0.717) is 16.3 Å². The van der Waals surface area contributed by atoms with Crippen molar-refractivity contribution in [3.05, 3.63) is 58.9 Å². The number of anilines is 1. The van der Waals surface area contributed by atoms with Crippen LogP contribution in [0.2, 0.25) is 5.02 Å². The SMILES string of the molecule is O=C(CN1C(=O)Cc2cc(Cl)ccc21)NNC(=O)c1ccncc1. The number of rotatable bonds is 3. The number of hydrazine groups is 1. The van der Waals surface area contributed by atoms with E-state index in [2.05, 4.69) is 15.8 Å². The first-order chi connectivity index (χ1) is 11.5. The van der Waals surface area contributed by atoms with Crippen LogP contribution in [0.5, 0.6) is 0 Å². The fourth-order valence-corrected chi connectivity index (χ4v) is 2.60. The summed E-state index contributed by atoms with van der Waals surface area (Å²) in [4.78, 5) is 41.0. The summed E-state index contributed by atoms with van der Waals surface area (Å²) in [5.74, 6) is -1.16. The number of carbonyl (C=O) groups is 3. The molecule has 2 aromatic rings. The second-order valence-electron chi connectivity index (χ2n) is 5.17. The molecule has 0 radical (unpaired) electrons. The monoisotopic (exact) mass is 344 g/mol. The Kier molecular flexibility index (Phi) is 4.43. The summed E-state index contributed by atoms with van der Waals surface area (Å²) in [6.45, 7) is -0.190. The van der Waals surface area contributed by atoms with E-state index in [1.165, 1.54) is 29.4 Å². The van der Waals surface area contributed by atoms with Gasteiger partial charge in [-0.2, -0.15) is 0 Å². The molecule has 3 rings (SSSR count). The molecule has 0 spiro atoms. The minimum Gasteiger partial charge on any atom is -0.302 e. The van der Waals surface area contributed by atoms with E-state index < -0.39 is 11.8 Å². The van der Waals surface area contributed by atoms with Crippen LogP contribution in [-0.2, 0) is 16.0 Å². The molecule has 0 fully saturated rings. The van der Waals surface area contributed by atoms with Crippen molar-refractivity contribution in [3.63, 3.8) is 0 Å². The van der Waals surface area contributed by atoms with Crippen LogP contribution in [0, 0.1) is 0 Å². The lowest BCUT2D eigenvalue weighted by Gasteiger charge is -2.17. The minimum absolute atomic E-state index is 0.190. The van der Waals surface area contributed by atoms with Crippen LogP contribution < -0.4 is 15.8 Å². The van der Waals surface area contributed by atoms with Gasteiger partial charge >= 0.3 is 0 Å². The fourth-order valence-electron chi connectivity index (χ4n) is 2.41. The van der Waals surface area contributed by atoms with Gasteiger partial charge in [0.1, 0.15) is 6.54 Å². The van der Waals surface area contributed by atoms with E-state index in [0.717, 1.165) is 5.56 Å². The molecule has 3 amide bonds. The number of aromatic nitrogens is 1. The summed E-state index contributed by atoms with van der Waals surface area (Å²) in [5.41, 5.74) is 6.38. The van der Waals surface area contributed by atoms with Gasteiger partial charge in [0.2, 0.25) is 5.91 Å². The largest absolute Gasteiger partial charge is 0.302 e. The van der Waals surface area contributed by atoms with Gasteiger partial charge in [-0.1, -0.05) is 11.6 Å². The van der Waals surface area contributed by atoms with Crippen LogP contribution in [0.3, 0.4) is 0 Å². The van der Waals surface area contributed by atoms with Gasteiger partial charge in [0.05, 0.1) is 6.42 Å². The summed E-state index contributed by atoms with van der Waals surface area (Å²) in [7, 11) is 0. The Bertz CT molecular complexity index is 810. The third-order valence-electron chi connectivity index (χ3n) is 3.53. The molecule has 0 aliphatic carbocycles. The lowest BCUT2D eigenvalue weighted by atomic mass is 10.2. The van der Waals surface area contributed by atoms with Gasteiger partial charge in [-0.3, -0.25) is 30.2 Å². The average Bonchev–Trinajstić information content (AvgIpc) is 2.88. The van der Waals surface area contributed by atoms with Crippen molar-refractivity contribution in [2.45, 2.75) is 6.42 Å². The molecular weight excluding hydrogens is 332 g/mol. The first-order valence-electron chi connectivity index (χ1n) is 7.12. The van der Waals surface area contributed by atoms with Gasteiger partial charge in [0.25, 0.3) is 11.8 Å². The van der Waals surface area contributed by atoms with Gasteiger partial charge < -0.3 is 4.90 Å². The predicted octanol–water partition coefficient (Wildman–Crippen LogP) is 1.09. The van der Waals surface area contributed by atoms with Crippen molar-refractivity contribution in [1.82, 2.24) is 15.8 Å². The molecule has 1 aliphatic rings. The minimum atomic E-state index is -0.506. The van der Waals surface area contributed by atoms with E-state index >= 15 is 0 Å². The van der Waals surface area contributed by atoms with E-state index in [1.54, 1.807) is 18.2 Å². The lowest BCUT2D eigenvalue weighted by molar-refractivity contribution is -0.123. The second-order valence-corrected chi connectivity index (χ2v) is 5.60. The zero-order valence-electron chi connectivity index (χ0n) is 12.5. The highest BCUT2D eigenvalue weighted by atomic mass is 35.5. The number of pyridine rings is 1. The molecule has 24 heavy (non-hydrogen) atoms. The number of nitrogens with zero attached hydrogens (tertiary/aromatic N) is 2. The third kappa shape index (κ3) is 3.36. The highest BCUT2D eigenvalue weighted by Gasteiger charge is 2.28. The van der Waals surface area contributed by atoms with Crippen LogP contribution in [0.4, 0.5) is 5.69 Å². The molecule has 7 nitrogen and oxygen atoms in total. The second kappa shape index (κ2) is 6.67. The number of hydrogen-bond acceptors (Lipinski definition) is 4. The molecule has 1 aliphatic heterocycles. The quantitative estimate of drug-likeness (QED) is 0.815. The summed E-state index contributed by atoms with van der Waals surface area (Å²) < 4.78 is 0. The molecule has 2 N–H and O–H groups in total. The maximum Gasteiger partial charge on any atom is 0.269 e. The summed E-state index contributed by atoms with van der Waals surface area (Å²) in [6, 6.07) is 8.11. The fraction of sp³-hybridized carbons (Fsp3) is 0.125. The Morgan fingerprint density at radius 1 is 1.17 bits per heavy atom. The lowest BCUT2D eigenvalue weighted by Crippen LogP contribution is -2.47. The van der Waals surface area contributed by atoms with E-state index in [-0.39, 0.29) is 18.9 Å². The van der Waals surface area contributed by atoms with Crippen molar-refractivity contribution in [1.29, 1.82) is 0 Å². The molecule has 8 heteroatoms. The molecule has 0 unspecified atom stereocenters. The van der Waals surface area contributed by atoms with Crippen molar-refractivity contribution in [2.75, 3.05) is 11.4 Å². The first-order valence-corrected chi connectivity index (χ1v) is 7.50. The Morgan fingerprint density at radius 3 is 2.67 bits per heavy atom. The first kappa shape index (κ1) is 15.9. The van der Waals surface area contributed by atoms with Crippen LogP contribution in [0.25, 0.3) is 0 Å². The van der Waals surface area contributed by atoms with E-state index in [9.17, 15) is 14.4 Å². The summed E-state index contributed by atoms with van der Waals surface area (Å²) in [6.07, 6.45) is 3.15. The molecule has 122 valence electrons. The molecular formula is C16H13ClN4O3. The maximum atomic E-state index is 12.0. The van der Waals surface area contributed by atoms with Crippen LogP contribution in [0.15, 0.2) is 42.7 Å². The number of carbonyl (C=O) groups excluding carboxylic acids is 3. The normalized spacial score (nSPS) is 12.7. The number of amides is 3. The Hall–Kier alpha value is -2.93. The van der Waals surface area contributed by atoms with Crippen LogP contribution >= 0.6 is 11.6 Å². The third-order valence-corrected chi connectivity index (χ3v) is 3.77. The van der Waals surface area contributed by atoms with Crippen LogP contribution in [-0.4, -0.2) is 29.3 Å². The average molecular weight is 345 g/mol. The molecule has 0 saturated heterocycles. The highest BCUT2D eigenvalue weighted by Crippen LogP contribution is 2.30. The molecule has 1 aromatic carbocycles. The van der Waals surface area contributed by atoms with Crippen molar-refractivity contribution >= 4 is 35.0 Å². The molecule has 2 heterocycles. The molecule has 0 atom stereocenters. The van der Waals surface area contributed by atoms with Crippen LogP contribution in [0.1, 0.15) is 15.9 Å². The number of benzene rings is 1. The summed E-state index contributed by atoms with van der Waals surface area (Å²) >= 11 is 5.91.